The Bertz CT molecular complexity index is 720. The van der Waals surface area contributed by atoms with Gasteiger partial charge in [0.25, 0.3) is 0 Å². The zero-order valence-electron chi connectivity index (χ0n) is 15.9. The third-order valence-corrected chi connectivity index (χ3v) is 4.81. The van der Waals surface area contributed by atoms with Crippen molar-refractivity contribution >= 4 is 21.9 Å². The highest BCUT2D eigenvalue weighted by atomic mass is 79.9. The van der Waals surface area contributed by atoms with Crippen LogP contribution in [0.3, 0.4) is 0 Å². The Morgan fingerprint density at radius 2 is 1.81 bits per heavy atom. The van der Waals surface area contributed by atoms with Crippen LogP contribution >= 0.6 is 15.9 Å². The van der Waals surface area contributed by atoms with Crippen molar-refractivity contribution in [1.29, 1.82) is 0 Å². The van der Waals surface area contributed by atoms with Crippen LogP contribution in [0.4, 0.5) is 0 Å². The van der Waals surface area contributed by atoms with Crippen molar-refractivity contribution in [2.75, 3.05) is 33.9 Å². The van der Waals surface area contributed by atoms with E-state index in [0.717, 1.165) is 23.1 Å². The number of rotatable bonds is 10. The molecule has 0 aliphatic heterocycles. The van der Waals surface area contributed by atoms with Gasteiger partial charge in [0.05, 0.1) is 13.2 Å². The second-order valence-corrected chi connectivity index (χ2v) is 7.19. The molecule has 1 N–H and O–H groups in total. The van der Waals surface area contributed by atoms with E-state index in [0.29, 0.717) is 11.7 Å². The second-order valence-electron chi connectivity index (χ2n) is 6.27. The maximum Gasteiger partial charge on any atom is 0.343 e. The topological polar surface area (TPSA) is 56.8 Å². The third-order valence-electron chi connectivity index (χ3n) is 4.32. The first-order valence-corrected chi connectivity index (χ1v) is 9.61. The van der Waals surface area contributed by atoms with E-state index in [-0.39, 0.29) is 12.7 Å². The number of benzene rings is 2. The summed E-state index contributed by atoms with van der Waals surface area (Å²) in [6.07, 6.45) is 0.00352. The van der Waals surface area contributed by atoms with Crippen molar-refractivity contribution in [3.05, 3.63) is 64.1 Å². The summed E-state index contributed by atoms with van der Waals surface area (Å²) in [5.41, 5.74) is 2.34. The summed E-state index contributed by atoms with van der Waals surface area (Å²) in [6.45, 7) is 3.65. The van der Waals surface area contributed by atoms with E-state index in [1.54, 1.807) is 7.11 Å². The Labute approximate surface area is 169 Å². The molecule has 0 radical (unpaired) electrons. The molecule has 2 rings (SSSR count). The number of ether oxygens (including phenoxy) is 3. The molecular weight excluding hydrogens is 410 g/mol. The van der Waals surface area contributed by atoms with E-state index >= 15 is 0 Å². The number of hydrogen-bond donors (Lipinski definition) is 1. The Kier molecular flexibility index (Phi) is 8.78. The number of halogens is 1. The normalized spacial score (nSPS) is 13.0. The summed E-state index contributed by atoms with van der Waals surface area (Å²) in [6, 6.07) is 15.9. The monoisotopic (exact) mass is 435 g/mol. The van der Waals surface area contributed by atoms with Gasteiger partial charge < -0.3 is 19.5 Å². The summed E-state index contributed by atoms with van der Waals surface area (Å²) in [5, 5.41) is 3.48. The molecule has 27 heavy (non-hydrogen) atoms. The average Bonchev–Trinajstić information content (AvgIpc) is 2.69. The third kappa shape index (κ3) is 6.97. The van der Waals surface area contributed by atoms with E-state index in [1.807, 2.05) is 36.4 Å². The van der Waals surface area contributed by atoms with Crippen molar-refractivity contribution in [3.63, 3.8) is 0 Å². The fourth-order valence-electron chi connectivity index (χ4n) is 2.69. The standard InChI is InChI=1S/C21H26BrNO4/c1-15(16-7-9-19(10-8-16)27-14-21(24)26-3)12-23-13-20(25-2)17-5-4-6-18(22)11-17/h4-11,15,20,23H,12-14H2,1-3H3. The molecule has 0 fully saturated rings. The summed E-state index contributed by atoms with van der Waals surface area (Å²) in [4.78, 5) is 11.1. The number of carbonyl (C=O) groups is 1. The quantitative estimate of drug-likeness (QED) is 0.569. The zero-order chi connectivity index (χ0) is 19.6. The SMILES string of the molecule is COC(=O)COc1ccc(C(C)CNCC(OC)c2cccc(Br)c2)cc1. The molecule has 146 valence electrons. The Hall–Kier alpha value is -1.89. The van der Waals surface area contributed by atoms with Crippen LogP contribution in [0, 0.1) is 0 Å². The molecule has 2 aromatic carbocycles. The van der Waals surface area contributed by atoms with Gasteiger partial charge in [-0.1, -0.05) is 47.1 Å². The van der Waals surface area contributed by atoms with E-state index in [4.69, 9.17) is 9.47 Å². The Morgan fingerprint density at radius 1 is 1.07 bits per heavy atom. The van der Waals surface area contributed by atoms with Crippen molar-refractivity contribution in [2.45, 2.75) is 18.9 Å². The molecule has 2 atom stereocenters. The summed E-state index contributed by atoms with van der Waals surface area (Å²) >= 11 is 3.50. The zero-order valence-corrected chi connectivity index (χ0v) is 17.5. The predicted octanol–water partition coefficient (Wildman–Crippen LogP) is 4.08. The molecule has 0 saturated carbocycles. The van der Waals surface area contributed by atoms with E-state index in [2.05, 4.69) is 45.0 Å². The molecule has 0 aromatic heterocycles. The van der Waals surface area contributed by atoms with Gasteiger partial charge in [0.2, 0.25) is 0 Å². The van der Waals surface area contributed by atoms with Gasteiger partial charge in [-0.05, 0) is 41.3 Å². The highest BCUT2D eigenvalue weighted by Crippen LogP contribution is 2.21. The van der Waals surface area contributed by atoms with Crippen LogP contribution in [0.1, 0.15) is 30.1 Å². The first-order chi connectivity index (χ1) is 13.0. The summed E-state index contributed by atoms with van der Waals surface area (Å²) in [5.74, 6) is 0.591. The molecular formula is C21H26BrNO4. The fraction of sp³-hybridized carbons (Fsp3) is 0.381. The largest absolute Gasteiger partial charge is 0.482 e. The lowest BCUT2D eigenvalue weighted by Crippen LogP contribution is -2.26. The highest BCUT2D eigenvalue weighted by Gasteiger charge is 2.12. The number of methoxy groups -OCH3 is 2. The first-order valence-electron chi connectivity index (χ1n) is 8.82. The van der Waals surface area contributed by atoms with Gasteiger partial charge in [-0.3, -0.25) is 0 Å². The van der Waals surface area contributed by atoms with Gasteiger partial charge in [-0.2, -0.15) is 0 Å². The molecule has 0 aliphatic carbocycles. The van der Waals surface area contributed by atoms with Gasteiger partial charge in [0.15, 0.2) is 6.61 Å². The average molecular weight is 436 g/mol. The number of hydrogen-bond acceptors (Lipinski definition) is 5. The van der Waals surface area contributed by atoms with Crippen LogP contribution in [0.2, 0.25) is 0 Å². The molecule has 6 heteroatoms. The van der Waals surface area contributed by atoms with Gasteiger partial charge >= 0.3 is 5.97 Å². The van der Waals surface area contributed by atoms with Gasteiger partial charge in [0, 0.05) is 24.7 Å². The Morgan fingerprint density at radius 3 is 2.44 bits per heavy atom. The van der Waals surface area contributed by atoms with Crippen molar-refractivity contribution in [1.82, 2.24) is 5.32 Å². The van der Waals surface area contributed by atoms with Crippen LogP contribution in [0.15, 0.2) is 53.0 Å². The minimum atomic E-state index is -0.394. The van der Waals surface area contributed by atoms with Gasteiger partial charge in [-0.25, -0.2) is 4.79 Å². The lowest BCUT2D eigenvalue weighted by Gasteiger charge is -2.19. The van der Waals surface area contributed by atoms with Crippen molar-refractivity contribution < 1.29 is 19.0 Å². The maximum absolute atomic E-state index is 11.1. The molecule has 2 aromatic rings. The molecule has 5 nitrogen and oxygen atoms in total. The first kappa shape index (κ1) is 21.4. The lowest BCUT2D eigenvalue weighted by molar-refractivity contribution is -0.142. The van der Waals surface area contributed by atoms with Crippen LogP contribution in [-0.2, 0) is 14.3 Å². The molecule has 0 bridgehead atoms. The molecule has 2 unspecified atom stereocenters. The number of carbonyl (C=O) groups excluding carboxylic acids is 1. The van der Waals surface area contributed by atoms with Crippen LogP contribution in [0.25, 0.3) is 0 Å². The summed E-state index contributed by atoms with van der Waals surface area (Å²) in [7, 11) is 3.07. The Balaban J connectivity index is 1.82. The van der Waals surface area contributed by atoms with Crippen molar-refractivity contribution in [3.8, 4) is 5.75 Å². The van der Waals surface area contributed by atoms with E-state index in [9.17, 15) is 4.79 Å². The van der Waals surface area contributed by atoms with Gasteiger partial charge in [0.1, 0.15) is 5.75 Å². The number of esters is 1. The van der Waals surface area contributed by atoms with Crippen LogP contribution in [0.5, 0.6) is 5.75 Å². The second kappa shape index (κ2) is 11.1. The molecule has 0 saturated heterocycles. The predicted molar refractivity (Wildman–Crippen MR) is 109 cm³/mol. The molecule has 0 heterocycles. The molecule has 0 spiro atoms. The smallest absolute Gasteiger partial charge is 0.343 e. The summed E-state index contributed by atoms with van der Waals surface area (Å²) < 4.78 is 16.6. The lowest BCUT2D eigenvalue weighted by atomic mass is 10.0. The van der Waals surface area contributed by atoms with E-state index < -0.39 is 5.97 Å². The minimum Gasteiger partial charge on any atom is -0.482 e. The van der Waals surface area contributed by atoms with Crippen LogP contribution in [-0.4, -0.2) is 39.9 Å². The number of nitrogens with one attached hydrogen (secondary N) is 1. The fourth-order valence-corrected chi connectivity index (χ4v) is 3.10. The minimum absolute atomic E-state index is 0.00352. The highest BCUT2D eigenvalue weighted by molar-refractivity contribution is 9.10. The van der Waals surface area contributed by atoms with Gasteiger partial charge in [-0.15, -0.1) is 0 Å². The van der Waals surface area contributed by atoms with E-state index in [1.165, 1.54) is 12.7 Å². The molecule has 0 aliphatic rings. The van der Waals surface area contributed by atoms with Crippen LogP contribution < -0.4 is 10.1 Å². The molecule has 0 amide bonds. The maximum atomic E-state index is 11.1. The van der Waals surface area contributed by atoms with Crippen molar-refractivity contribution in [2.24, 2.45) is 0 Å².